The van der Waals surface area contributed by atoms with Gasteiger partial charge in [0.25, 0.3) is 5.91 Å². The second-order valence-electron chi connectivity index (χ2n) is 6.52. The monoisotopic (exact) mass is 370 g/mol. The van der Waals surface area contributed by atoms with Crippen molar-refractivity contribution >= 4 is 29.2 Å². The third kappa shape index (κ3) is 3.24. The molecule has 1 atom stereocenters. The number of rotatable bonds is 3. The fraction of sp³-hybridized carbons (Fsp3) is 0.316. The molecule has 1 unspecified atom stereocenters. The van der Waals surface area contributed by atoms with Crippen LogP contribution in [0.1, 0.15) is 28.4 Å². The van der Waals surface area contributed by atoms with Crippen molar-refractivity contribution in [3.8, 4) is 0 Å². The van der Waals surface area contributed by atoms with Gasteiger partial charge in [0, 0.05) is 37.9 Å². The zero-order valence-corrected chi connectivity index (χ0v) is 14.9. The molecule has 1 aromatic carbocycles. The molecule has 1 saturated heterocycles. The van der Waals surface area contributed by atoms with Gasteiger partial charge in [-0.1, -0.05) is 29.8 Å². The standard InChI is InChI=1S/C19H19ClN4O2/c20-13-5-6-17(21-12-13)23-7-9-24(10-8-23)18(25)11-16-14-3-1-2-4-15(14)19(26)22-16/h1-6,12,16H,7-11H2,(H,22,26). The summed E-state index contributed by atoms with van der Waals surface area (Å²) < 4.78 is 0. The number of aromatic nitrogens is 1. The van der Waals surface area contributed by atoms with E-state index < -0.39 is 0 Å². The fourth-order valence-electron chi connectivity index (χ4n) is 3.53. The van der Waals surface area contributed by atoms with Gasteiger partial charge in [-0.05, 0) is 23.8 Å². The number of pyridine rings is 1. The van der Waals surface area contributed by atoms with E-state index in [0.717, 1.165) is 24.5 Å². The van der Waals surface area contributed by atoms with E-state index in [2.05, 4.69) is 15.2 Å². The van der Waals surface area contributed by atoms with Gasteiger partial charge in [-0.3, -0.25) is 9.59 Å². The summed E-state index contributed by atoms with van der Waals surface area (Å²) in [5, 5.41) is 3.52. The number of carbonyl (C=O) groups excluding carboxylic acids is 2. The van der Waals surface area contributed by atoms with Gasteiger partial charge in [0.15, 0.2) is 0 Å². The minimum Gasteiger partial charge on any atom is -0.353 e. The largest absolute Gasteiger partial charge is 0.353 e. The lowest BCUT2D eigenvalue weighted by molar-refractivity contribution is -0.132. The minimum atomic E-state index is -0.234. The highest BCUT2D eigenvalue weighted by atomic mass is 35.5. The lowest BCUT2D eigenvalue weighted by atomic mass is 10.0. The zero-order chi connectivity index (χ0) is 18.1. The second-order valence-corrected chi connectivity index (χ2v) is 6.96. The number of hydrogen-bond donors (Lipinski definition) is 1. The molecule has 1 aromatic heterocycles. The third-order valence-electron chi connectivity index (χ3n) is 4.93. The molecule has 0 aliphatic carbocycles. The Morgan fingerprint density at radius 1 is 1.15 bits per heavy atom. The van der Waals surface area contributed by atoms with Crippen LogP contribution in [0.3, 0.4) is 0 Å². The van der Waals surface area contributed by atoms with Crippen LogP contribution >= 0.6 is 11.6 Å². The van der Waals surface area contributed by atoms with Gasteiger partial charge < -0.3 is 15.1 Å². The Morgan fingerprint density at radius 3 is 2.65 bits per heavy atom. The Labute approximate surface area is 156 Å². The third-order valence-corrected chi connectivity index (χ3v) is 5.16. The number of fused-ring (bicyclic) bond motifs is 1. The number of nitrogens with one attached hydrogen (secondary N) is 1. The SMILES string of the molecule is O=C1NC(CC(=O)N2CCN(c3ccc(Cl)cn3)CC2)c2ccccc21. The number of amides is 2. The molecule has 2 aliphatic heterocycles. The summed E-state index contributed by atoms with van der Waals surface area (Å²) in [5.41, 5.74) is 1.58. The van der Waals surface area contributed by atoms with E-state index in [0.29, 0.717) is 30.1 Å². The molecule has 3 heterocycles. The molecule has 2 amide bonds. The first-order valence-electron chi connectivity index (χ1n) is 8.66. The van der Waals surface area contributed by atoms with Gasteiger partial charge in [0.05, 0.1) is 17.5 Å². The molecule has 134 valence electrons. The van der Waals surface area contributed by atoms with Crippen molar-refractivity contribution in [1.29, 1.82) is 0 Å². The summed E-state index contributed by atoms with van der Waals surface area (Å²) in [7, 11) is 0. The first-order valence-corrected chi connectivity index (χ1v) is 9.03. The summed E-state index contributed by atoms with van der Waals surface area (Å²) in [6.07, 6.45) is 1.93. The van der Waals surface area contributed by atoms with E-state index in [-0.39, 0.29) is 17.9 Å². The Kier molecular flexibility index (Phi) is 4.51. The van der Waals surface area contributed by atoms with E-state index in [9.17, 15) is 9.59 Å². The topological polar surface area (TPSA) is 65.5 Å². The fourth-order valence-corrected chi connectivity index (χ4v) is 3.64. The maximum atomic E-state index is 12.7. The number of anilines is 1. The lowest BCUT2D eigenvalue weighted by Gasteiger charge is -2.35. The summed E-state index contributed by atoms with van der Waals surface area (Å²) in [4.78, 5) is 33.0. The predicted molar refractivity (Wildman–Crippen MR) is 99.3 cm³/mol. The maximum absolute atomic E-state index is 12.7. The van der Waals surface area contributed by atoms with Crippen LogP contribution < -0.4 is 10.2 Å². The number of halogens is 1. The smallest absolute Gasteiger partial charge is 0.252 e. The average molecular weight is 371 g/mol. The molecule has 26 heavy (non-hydrogen) atoms. The molecule has 0 radical (unpaired) electrons. The summed E-state index contributed by atoms with van der Waals surface area (Å²) in [5.74, 6) is 0.839. The van der Waals surface area contributed by atoms with E-state index in [1.54, 1.807) is 12.3 Å². The van der Waals surface area contributed by atoms with Crippen LogP contribution in [0.5, 0.6) is 0 Å². The molecule has 7 heteroatoms. The van der Waals surface area contributed by atoms with Gasteiger partial charge in [-0.25, -0.2) is 4.98 Å². The Balaban J connectivity index is 1.36. The van der Waals surface area contributed by atoms with Gasteiger partial charge in [-0.15, -0.1) is 0 Å². The van der Waals surface area contributed by atoms with Crippen LogP contribution in [-0.2, 0) is 4.79 Å². The van der Waals surface area contributed by atoms with Crippen molar-refractivity contribution in [3.63, 3.8) is 0 Å². The second kappa shape index (κ2) is 6.96. The van der Waals surface area contributed by atoms with Gasteiger partial charge >= 0.3 is 0 Å². The van der Waals surface area contributed by atoms with Crippen LogP contribution in [0.25, 0.3) is 0 Å². The van der Waals surface area contributed by atoms with Crippen molar-refractivity contribution in [3.05, 3.63) is 58.7 Å². The zero-order valence-electron chi connectivity index (χ0n) is 14.2. The summed E-state index contributed by atoms with van der Waals surface area (Å²) >= 11 is 5.88. The number of carbonyl (C=O) groups is 2. The highest BCUT2D eigenvalue weighted by Crippen LogP contribution is 2.28. The minimum absolute atomic E-state index is 0.0655. The maximum Gasteiger partial charge on any atom is 0.252 e. The van der Waals surface area contributed by atoms with E-state index in [1.807, 2.05) is 35.2 Å². The van der Waals surface area contributed by atoms with Crippen molar-refractivity contribution < 1.29 is 9.59 Å². The Hall–Kier alpha value is -2.60. The summed E-state index contributed by atoms with van der Waals surface area (Å²) in [6.45, 7) is 2.75. The molecule has 2 aliphatic rings. The van der Waals surface area contributed by atoms with E-state index in [1.165, 1.54) is 0 Å². The van der Waals surface area contributed by atoms with E-state index in [4.69, 9.17) is 11.6 Å². The molecule has 0 saturated carbocycles. The molecular formula is C19H19ClN4O2. The normalized spacial score (nSPS) is 19.3. The first kappa shape index (κ1) is 16.8. The number of piperazine rings is 1. The molecule has 0 bridgehead atoms. The molecule has 0 spiro atoms. The van der Waals surface area contributed by atoms with Crippen LogP contribution in [0.2, 0.25) is 5.02 Å². The molecule has 1 N–H and O–H groups in total. The van der Waals surface area contributed by atoms with Crippen molar-refractivity contribution in [2.45, 2.75) is 12.5 Å². The van der Waals surface area contributed by atoms with Crippen LogP contribution in [0.4, 0.5) is 5.82 Å². The molecule has 6 nitrogen and oxygen atoms in total. The van der Waals surface area contributed by atoms with Crippen LogP contribution in [0.15, 0.2) is 42.6 Å². The quantitative estimate of drug-likeness (QED) is 0.900. The van der Waals surface area contributed by atoms with Crippen LogP contribution in [-0.4, -0.2) is 47.9 Å². The van der Waals surface area contributed by atoms with E-state index >= 15 is 0 Å². The number of hydrogen-bond acceptors (Lipinski definition) is 4. The van der Waals surface area contributed by atoms with Gasteiger partial charge in [-0.2, -0.15) is 0 Å². The molecule has 1 fully saturated rings. The van der Waals surface area contributed by atoms with Crippen LogP contribution in [0, 0.1) is 0 Å². The van der Waals surface area contributed by atoms with Gasteiger partial charge in [0.2, 0.25) is 5.91 Å². The van der Waals surface area contributed by atoms with Crippen molar-refractivity contribution in [2.75, 3.05) is 31.1 Å². The number of nitrogens with zero attached hydrogens (tertiary/aromatic N) is 3. The number of benzene rings is 1. The lowest BCUT2D eigenvalue weighted by Crippen LogP contribution is -2.49. The highest BCUT2D eigenvalue weighted by molar-refractivity contribution is 6.30. The first-order chi connectivity index (χ1) is 12.6. The summed E-state index contributed by atoms with van der Waals surface area (Å²) in [6, 6.07) is 10.9. The average Bonchev–Trinajstić information content (AvgIpc) is 2.98. The Morgan fingerprint density at radius 2 is 1.92 bits per heavy atom. The van der Waals surface area contributed by atoms with Crippen molar-refractivity contribution in [1.82, 2.24) is 15.2 Å². The predicted octanol–water partition coefficient (Wildman–Crippen LogP) is 2.26. The molecular weight excluding hydrogens is 352 g/mol. The highest BCUT2D eigenvalue weighted by Gasteiger charge is 2.31. The van der Waals surface area contributed by atoms with Crippen molar-refractivity contribution in [2.24, 2.45) is 0 Å². The molecule has 4 rings (SSSR count). The molecule has 2 aromatic rings. The Bertz CT molecular complexity index is 832. The van der Waals surface area contributed by atoms with Gasteiger partial charge in [0.1, 0.15) is 5.82 Å².